The van der Waals surface area contributed by atoms with E-state index in [1.807, 2.05) is 60.7 Å². The van der Waals surface area contributed by atoms with Crippen LogP contribution in [0.4, 0.5) is 11.5 Å². The first-order valence-corrected chi connectivity index (χ1v) is 11.1. The van der Waals surface area contributed by atoms with Crippen LogP contribution < -0.4 is 5.32 Å². The Labute approximate surface area is 201 Å². The summed E-state index contributed by atoms with van der Waals surface area (Å²) in [6, 6.07) is 26.3. The average Bonchev–Trinajstić information content (AvgIpc) is 3.30. The molecule has 2 heterocycles. The van der Waals surface area contributed by atoms with Gasteiger partial charge in [-0.2, -0.15) is 0 Å². The summed E-state index contributed by atoms with van der Waals surface area (Å²) in [4.78, 5) is 19.2. The second kappa shape index (κ2) is 10.1. The highest BCUT2D eigenvalue weighted by molar-refractivity contribution is 6.05. The van der Waals surface area contributed by atoms with Gasteiger partial charge in [-0.1, -0.05) is 60.7 Å². The number of aromatic nitrogens is 2. The third-order valence-corrected chi connectivity index (χ3v) is 5.54. The van der Waals surface area contributed by atoms with Gasteiger partial charge >= 0.3 is 0 Å². The number of rotatable bonds is 9. The van der Waals surface area contributed by atoms with Crippen molar-refractivity contribution < 1.29 is 14.1 Å². The Balaban J connectivity index is 1.36. The van der Waals surface area contributed by atoms with E-state index in [1.165, 1.54) is 18.5 Å². The normalized spacial score (nSPS) is 11.0. The molecule has 0 amide bonds. The number of furan rings is 1. The molecular formula is C27H22N4O4. The minimum absolute atomic E-state index is 0.0624. The molecule has 174 valence electrons. The summed E-state index contributed by atoms with van der Waals surface area (Å²) in [5.41, 5.74) is 4.34. The van der Waals surface area contributed by atoms with Crippen molar-refractivity contribution in [2.24, 2.45) is 0 Å². The Bertz CT molecular complexity index is 1440. The summed E-state index contributed by atoms with van der Waals surface area (Å²) < 4.78 is 12.0. The summed E-state index contributed by atoms with van der Waals surface area (Å²) in [5, 5.41) is 14.9. The van der Waals surface area contributed by atoms with E-state index in [1.54, 1.807) is 12.1 Å². The first-order chi connectivity index (χ1) is 17.2. The maximum absolute atomic E-state index is 10.8. The molecule has 0 atom stereocenters. The van der Waals surface area contributed by atoms with Crippen molar-refractivity contribution >= 4 is 22.6 Å². The van der Waals surface area contributed by atoms with E-state index in [4.69, 9.17) is 9.15 Å². The minimum atomic E-state index is -0.417. The van der Waals surface area contributed by atoms with Crippen molar-refractivity contribution in [2.75, 3.05) is 18.5 Å². The van der Waals surface area contributed by atoms with Gasteiger partial charge in [-0.3, -0.25) is 10.1 Å². The van der Waals surface area contributed by atoms with Crippen LogP contribution in [0.5, 0.6) is 0 Å². The van der Waals surface area contributed by atoms with Gasteiger partial charge in [-0.25, -0.2) is 9.97 Å². The number of nitrogens with one attached hydrogen (secondary N) is 1. The van der Waals surface area contributed by atoms with Crippen LogP contribution in [0.2, 0.25) is 0 Å². The van der Waals surface area contributed by atoms with Gasteiger partial charge in [0.05, 0.1) is 23.5 Å². The van der Waals surface area contributed by atoms with Gasteiger partial charge in [-0.05, 0) is 23.3 Å². The van der Waals surface area contributed by atoms with Crippen molar-refractivity contribution in [3.63, 3.8) is 0 Å². The second-order valence-corrected chi connectivity index (χ2v) is 7.84. The minimum Gasteiger partial charge on any atom is -0.437 e. The van der Waals surface area contributed by atoms with Crippen LogP contribution in [-0.4, -0.2) is 28.0 Å². The van der Waals surface area contributed by atoms with E-state index in [0.717, 1.165) is 33.4 Å². The lowest BCUT2D eigenvalue weighted by Crippen LogP contribution is -2.11. The fraction of sp³-hybridized carbons (Fsp3) is 0.111. The number of anilines is 1. The largest absolute Gasteiger partial charge is 0.437 e. The Kier molecular flexibility index (Phi) is 6.45. The molecule has 0 spiro atoms. The predicted octanol–water partition coefficient (Wildman–Crippen LogP) is 6.09. The van der Waals surface area contributed by atoms with Gasteiger partial charge in [0.2, 0.25) is 5.71 Å². The van der Waals surface area contributed by atoms with Gasteiger partial charge < -0.3 is 14.5 Å². The number of ether oxygens (including phenoxy) is 1. The highest BCUT2D eigenvalue weighted by Gasteiger charge is 2.21. The molecule has 0 radical (unpaired) electrons. The van der Waals surface area contributed by atoms with Crippen LogP contribution in [0.1, 0.15) is 5.56 Å². The molecule has 5 rings (SSSR count). The lowest BCUT2D eigenvalue weighted by Gasteiger charge is -2.09. The highest BCUT2D eigenvalue weighted by Crippen LogP contribution is 2.42. The maximum atomic E-state index is 10.8. The molecule has 0 aliphatic carbocycles. The molecule has 0 bridgehead atoms. The number of hydrogen-bond acceptors (Lipinski definition) is 7. The highest BCUT2D eigenvalue weighted by atomic mass is 16.6. The molecule has 1 N–H and O–H groups in total. The zero-order valence-corrected chi connectivity index (χ0v) is 18.8. The van der Waals surface area contributed by atoms with Crippen LogP contribution in [-0.2, 0) is 11.3 Å². The summed E-state index contributed by atoms with van der Waals surface area (Å²) >= 11 is 0. The topological polar surface area (TPSA) is 103 Å². The summed E-state index contributed by atoms with van der Waals surface area (Å²) in [5.74, 6) is 1.41. The Morgan fingerprint density at radius 1 is 0.886 bits per heavy atom. The number of nitro groups is 1. The Morgan fingerprint density at radius 2 is 1.57 bits per heavy atom. The van der Waals surface area contributed by atoms with Crippen LogP contribution >= 0.6 is 0 Å². The number of benzene rings is 3. The standard InChI is InChI=1S/C27H22N4O4/c32-31(33)22-13-11-19(12-14-22)17-34-16-15-28-26-24-23(20-7-3-1-4-8-20)25(21-9-5-2-6-10-21)35-27(24)30-18-29-26/h1-14,18H,15-17H2,(H,28,29,30). The second-order valence-electron chi connectivity index (χ2n) is 7.84. The average molecular weight is 466 g/mol. The van der Waals surface area contributed by atoms with Crippen molar-refractivity contribution in [1.29, 1.82) is 0 Å². The van der Waals surface area contributed by atoms with Crippen molar-refractivity contribution in [3.8, 4) is 22.5 Å². The van der Waals surface area contributed by atoms with Crippen LogP contribution in [0.15, 0.2) is 95.7 Å². The van der Waals surface area contributed by atoms with Crippen molar-refractivity contribution in [3.05, 3.63) is 107 Å². The van der Waals surface area contributed by atoms with Gasteiger partial charge in [0.25, 0.3) is 5.69 Å². The molecule has 2 aromatic heterocycles. The fourth-order valence-electron chi connectivity index (χ4n) is 3.89. The van der Waals surface area contributed by atoms with Crippen LogP contribution in [0.3, 0.4) is 0 Å². The lowest BCUT2D eigenvalue weighted by molar-refractivity contribution is -0.384. The molecule has 8 nitrogen and oxygen atoms in total. The third-order valence-electron chi connectivity index (χ3n) is 5.54. The molecule has 8 heteroatoms. The molecule has 0 aliphatic rings. The number of non-ortho nitro benzene ring substituents is 1. The molecule has 0 aliphatic heterocycles. The molecule has 0 saturated heterocycles. The van der Waals surface area contributed by atoms with E-state index >= 15 is 0 Å². The van der Waals surface area contributed by atoms with E-state index in [9.17, 15) is 10.1 Å². The molecule has 3 aromatic carbocycles. The van der Waals surface area contributed by atoms with E-state index in [2.05, 4.69) is 15.3 Å². The van der Waals surface area contributed by atoms with Gasteiger partial charge in [-0.15, -0.1) is 0 Å². The predicted molar refractivity (Wildman–Crippen MR) is 134 cm³/mol. The summed E-state index contributed by atoms with van der Waals surface area (Å²) in [7, 11) is 0. The first-order valence-electron chi connectivity index (χ1n) is 11.1. The Morgan fingerprint density at radius 3 is 2.26 bits per heavy atom. The van der Waals surface area contributed by atoms with Crippen molar-refractivity contribution in [1.82, 2.24) is 9.97 Å². The van der Waals surface area contributed by atoms with Crippen LogP contribution in [0.25, 0.3) is 33.6 Å². The van der Waals surface area contributed by atoms with Gasteiger partial charge in [0.15, 0.2) is 0 Å². The molecule has 0 fully saturated rings. The SMILES string of the molecule is O=[N+]([O-])c1ccc(COCCNc2ncnc3oc(-c4ccccc4)c(-c4ccccc4)c23)cc1. The lowest BCUT2D eigenvalue weighted by atomic mass is 9.99. The van der Waals surface area contributed by atoms with Crippen molar-refractivity contribution in [2.45, 2.75) is 6.61 Å². The summed E-state index contributed by atoms with van der Waals surface area (Å²) in [6.45, 7) is 1.30. The zero-order chi connectivity index (χ0) is 24.0. The maximum Gasteiger partial charge on any atom is 0.269 e. The number of nitro benzene ring substituents is 1. The fourth-order valence-corrected chi connectivity index (χ4v) is 3.89. The number of hydrogen-bond donors (Lipinski definition) is 1. The number of fused-ring (bicyclic) bond motifs is 1. The zero-order valence-electron chi connectivity index (χ0n) is 18.8. The quantitative estimate of drug-likeness (QED) is 0.159. The van der Waals surface area contributed by atoms with E-state index < -0.39 is 4.92 Å². The molecule has 0 saturated carbocycles. The van der Waals surface area contributed by atoms with E-state index in [0.29, 0.717) is 31.3 Å². The Hall–Kier alpha value is -4.56. The smallest absolute Gasteiger partial charge is 0.269 e. The number of nitrogens with zero attached hydrogens (tertiary/aromatic N) is 3. The summed E-state index contributed by atoms with van der Waals surface area (Å²) in [6.07, 6.45) is 1.48. The molecule has 0 unspecified atom stereocenters. The van der Waals surface area contributed by atoms with Gasteiger partial charge in [0, 0.05) is 29.8 Å². The monoisotopic (exact) mass is 466 g/mol. The molecule has 35 heavy (non-hydrogen) atoms. The first kappa shape index (κ1) is 22.2. The van der Waals surface area contributed by atoms with Crippen LogP contribution in [0, 0.1) is 10.1 Å². The van der Waals surface area contributed by atoms with E-state index in [-0.39, 0.29) is 5.69 Å². The van der Waals surface area contributed by atoms with Gasteiger partial charge in [0.1, 0.15) is 17.9 Å². The molecular weight excluding hydrogens is 444 g/mol. The molecule has 5 aromatic rings. The third kappa shape index (κ3) is 4.87.